The molecule has 3 heterocycles. The molecule has 0 aliphatic carbocycles. The lowest BCUT2D eigenvalue weighted by Crippen LogP contribution is -2.36. The second-order valence-electron chi connectivity index (χ2n) is 6.33. The average molecular weight is 401 g/mol. The summed E-state index contributed by atoms with van der Waals surface area (Å²) in [7, 11) is 0. The van der Waals surface area contributed by atoms with Crippen LogP contribution in [0.4, 0.5) is 4.79 Å². The van der Waals surface area contributed by atoms with E-state index in [4.69, 9.17) is 20.3 Å². The van der Waals surface area contributed by atoms with E-state index in [9.17, 15) is 4.79 Å². The van der Waals surface area contributed by atoms with E-state index >= 15 is 0 Å². The Kier molecular flexibility index (Phi) is 5.44. The third-order valence-electron chi connectivity index (χ3n) is 4.43. The molecule has 1 amide bonds. The first-order chi connectivity index (χ1) is 13.7. The van der Waals surface area contributed by atoms with Gasteiger partial charge in [0.25, 0.3) is 0 Å². The SMILES string of the molecule is NC(=O)ON1CCC(c2nc(COc3ccc(-n4cnnn4)cc3)cs2)CC1. The number of carbonyl (C=O) groups is 1. The summed E-state index contributed by atoms with van der Waals surface area (Å²) >= 11 is 1.64. The molecule has 0 bridgehead atoms. The summed E-state index contributed by atoms with van der Waals surface area (Å²) in [4.78, 5) is 20.4. The third kappa shape index (κ3) is 4.43. The van der Waals surface area contributed by atoms with E-state index in [0.29, 0.717) is 25.6 Å². The van der Waals surface area contributed by atoms with Crippen LogP contribution in [0, 0.1) is 0 Å². The number of hydroxylamine groups is 2. The van der Waals surface area contributed by atoms with Gasteiger partial charge in [-0.05, 0) is 47.5 Å². The highest BCUT2D eigenvalue weighted by atomic mass is 32.1. The molecular weight excluding hydrogens is 382 g/mol. The Labute approximate surface area is 164 Å². The van der Waals surface area contributed by atoms with Gasteiger partial charge in [-0.25, -0.2) is 14.5 Å². The van der Waals surface area contributed by atoms with E-state index in [2.05, 4.69) is 15.5 Å². The smallest absolute Gasteiger partial charge is 0.423 e. The van der Waals surface area contributed by atoms with Crippen molar-refractivity contribution in [1.29, 1.82) is 0 Å². The van der Waals surface area contributed by atoms with E-state index < -0.39 is 6.09 Å². The van der Waals surface area contributed by atoms with Gasteiger partial charge in [-0.15, -0.1) is 21.5 Å². The summed E-state index contributed by atoms with van der Waals surface area (Å²) in [5.41, 5.74) is 6.81. The molecule has 0 atom stereocenters. The molecule has 1 aliphatic heterocycles. The number of thiazole rings is 1. The summed E-state index contributed by atoms with van der Waals surface area (Å²) in [5.74, 6) is 1.12. The Hall–Kier alpha value is -3.05. The lowest BCUT2D eigenvalue weighted by molar-refractivity contribution is -0.110. The second kappa shape index (κ2) is 8.31. The van der Waals surface area contributed by atoms with Crippen molar-refractivity contribution in [2.24, 2.45) is 5.73 Å². The second-order valence-corrected chi connectivity index (χ2v) is 7.22. The Bertz CT molecular complexity index is 905. The van der Waals surface area contributed by atoms with E-state index in [1.54, 1.807) is 21.1 Å². The maximum atomic E-state index is 10.8. The number of aromatic nitrogens is 5. The van der Waals surface area contributed by atoms with Crippen LogP contribution in [0.15, 0.2) is 36.0 Å². The van der Waals surface area contributed by atoms with Crippen LogP contribution in [0.1, 0.15) is 29.5 Å². The number of hydrogen-bond donors (Lipinski definition) is 1. The van der Waals surface area contributed by atoms with Crippen molar-refractivity contribution >= 4 is 17.4 Å². The van der Waals surface area contributed by atoms with Gasteiger partial charge in [-0.1, -0.05) is 0 Å². The van der Waals surface area contributed by atoms with Gasteiger partial charge in [0.15, 0.2) is 0 Å². The van der Waals surface area contributed by atoms with Crippen LogP contribution in [0.5, 0.6) is 5.75 Å². The molecule has 10 nitrogen and oxygen atoms in total. The molecule has 0 unspecified atom stereocenters. The lowest BCUT2D eigenvalue weighted by Gasteiger charge is -2.28. The number of carbonyl (C=O) groups excluding carboxylic acids is 1. The predicted molar refractivity (Wildman–Crippen MR) is 99.8 cm³/mol. The molecule has 2 N–H and O–H groups in total. The van der Waals surface area contributed by atoms with Crippen LogP contribution in [0.3, 0.4) is 0 Å². The summed E-state index contributed by atoms with van der Waals surface area (Å²) in [5, 5.41) is 15.8. The molecule has 1 saturated heterocycles. The molecule has 1 aromatic carbocycles. The first kappa shape index (κ1) is 18.3. The van der Waals surface area contributed by atoms with Gasteiger partial charge in [-0.2, -0.15) is 0 Å². The Balaban J connectivity index is 1.29. The standard InChI is InChI=1S/C17H19N7O3S/c18-17(25)27-23-7-5-12(6-8-23)16-20-13(10-28-16)9-26-15-3-1-14(2-4-15)24-11-19-21-22-24/h1-4,10-12H,5-9H2,(H2,18,25). The van der Waals surface area contributed by atoms with E-state index in [1.807, 2.05) is 29.6 Å². The average Bonchev–Trinajstić information content (AvgIpc) is 3.39. The van der Waals surface area contributed by atoms with Gasteiger partial charge in [0.1, 0.15) is 18.7 Å². The first-order valence-electron chi connectivity index (χ1n) is 8.80. The summed E-state index contributed by atoms with van der Waals surface area (Å²) in [6.07, 6.45) is 2.52. The molecular formula is C17H19N7O3S. The third-order valence-corrected chi connectivity index (χ3v) is 5.48. The number of rotatable bonds is 6. The molecule has 146 valence electrons. The Morgan fingerprint density at radius 2 is 2.04 bits per heavy atom. The monoisotopic (exact) mass is 401 g/mol. The van der Waals surface area contributed by atoms with Crippen LogP contribution in [-0.2, 0) is 11.4 Å². The fourth-order valence-electron chi connectivity index (χ4n) is 3.03. The highest BCUT2D eigenvalue weighted by Crippen LogP contribution is 2.30. The number of primary amides is 1. The minimum absolute atomic E-state index is 0.363. The maximum absolute atomic E-state index is 10.8. The maximum Gasteiger partial charge on any atom is 0.423 e. The number of nitrogens with zero attached hydrogens (tertiary/aromatic N) is 6. The minimum Gasteiger partial charge on any atom is -0.487 e. The first-order valence-corrected chi connectivity index (χ1v) is 9.68. The molecule has 0 spiro atoms. The molecule has 1 fully saturated rings. The zero-order valence-corrected chi connectivity index (χ0v) is 15.8. The van der Waals surface area contributed by atoms with Crippen LogP contribution in [0.2, 0.25) is 0 Å². The van der Waals surface area contributed by atoms with Crippen LogP contribution < -0.4 is 10.5 Å². The Morgan fingerprint density at radius 1 is 1.25 bits per heavy atom. The number of benzene rings is 1. The largest absolute Gasteiger partial charge is 0.487 e. The van der Waals surface area contributed by atoms with Crippen molar-refractivity contribution < 1.29 is 14.4 Å². The number of nitrogens with two attached hydrogens (primary N) is 1. The highest BCUT2D eigenvalue weighted by Gasteiger charge is 2.24. The fourth-order valence-corrected chi connectivity index (χ4v) is 4.01. The van der Waals surface area contributed by atoms with Crippen molar-refractivity contribution in [3.63, 3.8) is 0 Å². The van der Waals surface area contributed by atoms with Crippen molar-refractivity contribution in [3.8, 4) is 11.4 Å². The van der Waals surface area contributed by atoms with Gasteiger partial charge in [0.2, 0.25) is 0 Å². The number of ether oxygens (including phenoxy) is 1. The van der Waals surface area contributed by atoms with Crippen LogP contribution in [0.25, 0.3) is 5.69 Å². The zero-order valence-electron chi connectivity index (χ0n) is 15.0. The summed E-state index contributed by atoms with van der Waals surface area (Å²) < 4.78 is 7.41. The molecule has 28 heavy (non-hydrogen) atoms. The molecule has 1 aliphatic rings. The summed E-state index contributed by atoms with van der Waals surface area (Å²) in [6.45, 7) is 1.73. The number of tetrazole rings is 1. The molecule has 3 aromatic rings. The molecule has 2 aromatic heterocycles. The quantitative estimate of drug-likeness (QED) is 0.664. The van der Waals surface area contributed by atoms with Gasteiger partial charge < -0.3 is 15.3 Å². The summed E-state index contributed by atoms with van der Waals surface area (Å²) in [6, 6.07) is 7.53. The van der Waals surface area contributed by atoms with Crippen molar-refractivity contribution in [3.05, 3.63) is 46.7 Å². The van der Waals surface area contributed by atoms with E-state index in [1.165, 1.54) is 6.33 Å². The lowest BCUT2D eigenvalue weighted by atomic mass is 9.99. The number of hydrogen-bond acceptors (Lipinski definition) is 9. The van der Waals surface area contributed by atoms with Gasteiger partial charge in [-0.3, -0.25) is 0 Å². The van der Waals surface area contributed by atoms with Crippen molar-refractivity contribution in [2.75, 3.05) is 13.1 Å². The van der Waals surface area contributed by atoms with Gasteiger partial charge in [0.05, 0.1) is 16.4 Å². The van der Waals surface area contributed by atoms with Crippen LogP contribution >= 0.6 is 11.3 Å². The van der Waals surface area contributed by atoms with Gasteiger partial charge >= 0.3 is 6.09 Å². The van der Waals surface area contributed by atoms with Crippen molar-refractivity contribution in [2.45, 2.75) is 25.4 Å². The molecule has 0 radical (unpaired) electrons. The normalized spacial score (nSPS) is 15.4. The highest BCUT2D eigenvalue weighted by molar-refractivity contribution is 7.09. The number of piperidine rings is 1. The fraction of sp³-hybridized carbons (Fsp3) is 0.353. The predicted octanol–water partition coefficient (Wildman–Crippen LogP) is 1.89. The van der Waals surface area contributed by atoms with Crippen LogP contribution in [-0.4, -0.2) is 49.4 Å². The molecule has 4 rings (SSSR count). The van der Waals surface area contributed by atoms with E-state index in [0.717, 1.165) is 35.0 Å². The minimum atomic E-state index is -0.766. The van der Waals surface area contributed by atoms with Crippen molar-refractivity contribution in [1.82, 2.24) is 30.3 Å². The molecule has 11 heteroatoms. The zero-order chi connectivity index (χ0) is 19.3. The topological polar surface area (TPSA) is 121 Å². The molecule has 0 saturated carbocycles. The number of amides is 1. The Morgan fingerprint density at radius 3 is 2.71 bits per heavy atom. The van der Waals surface area contributed by atoms with E-state index in [-0.39, 0.29) is 0 Å². The van der Waals surface area contributed by atoms with Gasteiger partial charge in [0, 0.05) is 24.4 Å².